The molecule has 2 N–H and O–H groups in total. The average molecular weight is 337 g/mol. The first-order valence-electron chi connectivity index (χ1n) is 7.59. The largest absolute Gasteiger partial charge is 0.455 e. The monoisotopic (exact) mass is 337 g/mol. The molecule has 0 spiro atoms. The quantitative estimate of drug-likeness (QED) is 0.580. The maximum absolute atomic E-state index is 11.8. The summed E-state index contributed by atoms with van der Waals surface area (Å²) in [7, 11) is 0. The molecule has 0 unspecified atom stereocenters. The van der Waals surface area contributed by atoms with Gasteiger partial charge in [0.2, 0.25) is 0 Å². The highest BCUT2D eigenvalue weighted by molar-refractivity contribution is 5.98. The third kappa shape index (κ3) is 7.73. The van der Waals surface area contributed by atoms with E-state index in [-0.39, 0.29) is 18.7 Å². The van der Waals surface area contributed by atoms with E-state index in [1.54, 1.807) is 51.1 Å². The number of ketones is 1. The van der Waals surface area contributed by atoms with Crippen molar-refractivity contribution in [2.45, 2.75) is 38.9 Å². The van der Waals surface area contributed by atoms with Crippen LogP contribution in [-0.4, -0.2) is 47.8 Å². The van der Waals surface area contributed by atoms with Crippen molar-refractivity contribution in [1.29, 1.82) is 0 Å². The molecule has 1 atom stereocenters. The average Bonchev–Trinajstić information content (AvgIpc) is 2.51. The number of alkyl carbamates (subject to hydrolysis) is 1. The smallest absolute Gasteiger partial charge is 0.407 e. The van der Waals surface area contributed by atoms with Crippen molar-refractivity contribution in [1.82, 2.24) is 5.32 Å². The molecule has 24 heavy (non-hydrogen) atoms. The van der Waals surface area contributed by atoms with Crippen LogP contribution in [0.4, 0.5) is 4.79 Å². The van der Waals surface area contributed by atoms with E-state index in [0.717, 1.165) is 0 Å². The highest BCUT2D eigenvalue weighted by atomic mass is 16.6. The van der Waals surface area contributed by atoms with Gasteiger partial charge in [-0.1, -0.05) is 30.3 Å². The van der Waals surface area contributed by atoms with Gasteiger partial charge in [0, 0.05) is 18.5 Å². The number of nitrogens with one attached hydrogen (secondary N) is 1. The molecule has 0 radical (unpaired) electrons. The molecule has 0 aliphatic heterocycles. The van der Waals surface area contributed by atoms with Crippen LogP contribution in [0, 0.1) is 0 Å². The number of esters is 1. The van der Waals surface area contributed by atoms with Crippen molar-refractivity contribution in [2.75, 3.05) is 13.2 Å². The Kier molecular flexibility index (Phi) is 7.38. The van der Waals surface area contributed by atoms with Crippen molar-refractivity contribution in [3.8, 4) is 0 Å². The fourth-order valence-electron chi connectivity index (χ4n) is 1.68. The summed E-state index contributed by atoms with van der Waals surface area (Å²) in [5.74, 6) is -1.27. The lowest BCUT2D eigenvalue weighted by molar-refractivity contribution is -0.152. The van der Waals surface area contributed by atoms with Crippen molar-refractivity contribution in [3.63, 3.8) is 0 Å². The highest BCUT2D eigenvalue weighted by Gasteiger charge is 2.20. The van der Waals surface area contributed by atoms with Crippen LogP contribution >= 0.6 is 0 Å². The zero-order chi connectivity index (χ0) is 18.2. The van der Waals surface area contributed by atoms with Crippen LogP contribution in [0.25, 0.3) is 0 Å². The zero-order valence-corrected chi connectivity index (χ0v) is 14.1. The van der Waals surface area contributed by atoms with Crippen LogP contribution < -0.4 is 5.32 Å². The normalized spacial score (nSPS) is 12.2. The number of ether oxygens (including phenoxy) is 2. The Morgan fingerprint density at radius 3 is 2.38 bits per heavy atom. The predicted octanol–water partition coefficient (Wildman–Crippen LogP) is 1.69. The lowest BCUT2D eigenvalue weighted by Crippen LogP contribution is -2.35. The molecule has 1 aromatic rings. The maximum Gasteiger partial charge on any atom is 0.407 e. The van der Waals surface area contributed by atoms with Gasteiger partial charge in [-0.2, -0.15) is 0 Å². The number of carbonyl (C=O) groups is 3. The van der Waals surface area contributed by atoms with E-state index < -0.39 is 30.4 Å². The topological polar surface area (TPSA) is 102 Å². The van der Waals surface area contributed by atoms with E-state index in [1.165, 1.54) is 0 Å². The predicted molar refractivity (Wildman–Crippen MR) is 86.6 cm³/mol. The van der Waals surface area contributed by atoms with Gasteiger partial charge in [-0.25, -0.2) is 9.59 Å². The van der Waals surface area contributed by atoms with Crippen LogP contribution in [0.1, 0.15) is 37.6 Å². The van der Waals surface area contributed by atoms with Crippen LogP contribution in [0.2, 0.25) is 0 Å². The van der Waals surface area contributed by atoms with Crippen LogP contribution in [0.15, 0.2) is 30.3 Å². The van der Waals surface area contributed by atoms with Gasteiger partial charge in [-0.05, 0) is 20.8 Å². The molecule has 0 saturated heterocycles. The Balaban J connectivity index is 2.28. The van der Waals surface area contributed by atoms with Gasteiger partial charge in [0.25, 0.3) is 0 Å². The molecule has 0 aliphatic carbocycles. The fourth-order valence-corrected chi connectivity index (χ4v) is 1.68. The Morgan fingerprint density at radius 2 is 1.79 bits per heavy atom. The zero-order valence-electron chi connectivity index (χ0n) is 14.1. The number of carbonyl (C=O) groups excluding carboxylic acids is 3. The van der Waals surface area contributed by atoms with E-state index in [9.17, 15) is 19.5 Å². The molecule has 0 saturated carbocycles. The molecular weight excluding hydrogens is 314 g/mol. The van der Waals surface area contributed by atoms with Crippen LogP contribution in [-0.2, 0) is 14.3 Å². The third-order valence-electron chi connectivity index (χ3n) is 2.80. The molecule has 0 heterocycles. The number of amides is 1. The number of hydrogen-bond acceptors (Lipinski definition) is 6. The number of aliphatic hydroxyl groups is 1. The number of Topliss-reactive ketones (excluding diaryl/α,β-unsaturated/α-hetero) is 1. The fraction of sp³-hybridized carbons (Fsp3) is 0.471. The van der Waals surface area contributed by atoms with Gasteiger partial charge in [0.15, 0.2) is 18.5 Å². The third-order valence-corrected chi connectivity index (χ3v) is 2.80. The van der Waals surface area contributed by atoms with E-state index in [2.05, 4.69) is 5.32 Å². The molecule has 0 fully saturated rings. The summed E-state index contributed by atoms with van der Waals surface area (Å²) in [6.07, 6.45) is -2.11. The summed E-state index contributed by atoms with van der Waals surface area (Å²) in [6, 6.07) is 8.39. The Morgan fingerprint density at radius 1 is 1.17 bits per heavy atom. The molecule has 132 valence electrons. The number of benzene rings is 1. The maximum atomic E-state index is 11.8. The first-order valence-corrected chi connectivity index (χ1v) is 7.59. The Hall–Kier alpha value is -2.41. The molecule has 0 aromatic heterocycles. The summed E-state index contributed by atoms with van der Waals surface area (Å²) in [4.78, 5) is 34.8. The highest BCUT2D eigenvalue weighted by Crippen LogP contribution is 2.06. The molecule has 1 amide bonds. The van der Waals surface area contributed by atoms with E-state index in [4.69, 9.17) is 9.47 Å². The van der Waals surface area contributed by atoms with Crippen LogP contribution in [0.3, 0.4) is 0 Å². The first kappa shape index (κ1) is 19.6. The molecular formula is C17H23NO6. The Bertz CT molecular complexity index is 564. The molecule has 7 nitrogen and oxygen atoms in total. The van der Waals surface area contributed by atoms with Gasteiger partial charge in [0.05, 0.1) is 0 Å². The van der Waals surface area contributed by atoms with Gasteiger partial charge in [-0.3, -0.25) is 4.79 Å². The summed E-state index contributed by atoms with van der Waals surface area (Å²) in [5.41, 5.74) is -0.203. The summed E-state index contributed by atoms with van der Waals surface area (Å²) >= 11 is 0. The molecule has 1 rings (SSSR count). The van der Waals surface area contributed by atoms with Crippen molar-refractivity contribution in [3.05, 3.63) is 35.9 Å². The minimum Gasteiger partial charge on any atom is -0.455 e. The van der Waals surface area contributed by atoms with Gasteiger partial charge in [-0.15, -0.1) is 0 Å². The number of hydrogen-bond donors (Lipinski definition) is 2. The second kappa shape index (κ2) is 9.02. The van der Waals surface area contributed by atoms with Crippen molar-refractivity contribution >= 4 is 17.8 Å². The minimum absolute atomic E-state index is 0.0395. The second-order valence-corrected chi connectivity index (χ2v) is 6.13. The van der Waals surface area contributed by atoms with E-state index in [1.807, 2.05) is 0 Å². The minimum atomic E-state index is -1.43. The van der Waals surface area contributed by atoms with Crippen LogP contribution in [0.5, 0.6) is 0 Å². The number of rotatable bonds is 7. The van der Waals surface area contributed by atoms with E-state index >= 15 is 0 Å². The summed E-state index contributed by atoms with van der Waals surface area (Å²) in [6.45, 7) is 4.77. The molecule has 1 aromatic carbocycles. The Labute approximate surface area is 141 Å². The molecule has 0 aliphatic rings. The lowest BCUT2D eigenvalue weighted by Gasteiger charge is -2.19. The molecule has 7 heteroatoms. The summed E-state index contributed by atoms with van der Waals surface area (Å²) in [5, 5.41) is 12.1. The SMILES string of the molecule is CC(C)(C)OC(=O)NCC[C@H](O)C(=O)OCC(=O)c1ccccc1. The summed E-state index contributed by atoms with van der Waals surface area (Å²) < 4.78 is 9.79. The van der Waals surface area contributed by atoms with E-state index in [0.29, 0.717) is 5.56 Å². The number of aliphatic hydroxyl groups excluding tert-OH is 1. The van der Waals surface area contributed by atoms with Crippen molar-refractivity contribution < 1.29 is 29.0 Å². The molecule has 0 bridgehead atoms. The second-order valence-electron chi connectivity index (χ2n) is 6.13. The first-order chi connectivity index (χ1) is 11.2. The van der Waals surface area contributed by atoms with Gasteiger partial charge < -0.3 is 19.9 Å². The lowest BCUT2D eigenvalue weighted by atomic mass is 10.1. The standard InChI is InChI=1S/C17H23NO6/c1-17(2,3)24-16(22)18-10-9-13(19)15(21)23-11-14(20)12-7-5-4-6-8-12/h4-8,13,19H,9-11H2,1-3H3,(H,18,22)/t13-/m0/s1. The van der Waals surface area contributed by atoms with Gasteiger partial charge >= 0.3 is 12.1 Å². The van der Waals surface area contributed by atoms with Crippen molar-refractivity contribution in [2.24, 2.45) is 0 Å². The van der Waals surface area contributed by atoms with Gasteiger partial charge in [0.1, 0.15) is 5.60 Å².